The van der Waals surface area contributed by atoms with Crippen molar-refractivity contribution < 1.29 is 0 Å². The first-order valence-corrected chi connectivity index (χ1v) is 9.22. The summed E-state index contributed by atoms with van der Waals surface area (Å²) in [5.74, 6) is 0.951. The van der Waals surface area contributed by atoms with Crippen LogP contribution < -0.4 is 10.2 Å². The predicted molar refractivity (Wildman–Crippen MR) is 102 cm³/mol. The second-order valence-electron chi connectivity index (χ2n) is 5.70. The van der Waals surface area contributed by atoms with Gasteiger partial charge in [-0.3, -0.25) is 4.99 Å². The van der Waals surface area contributed by atoms with Gasteiger partial charge < -0.3 is 15.1 Å². The quantitative estimate of drug-likeness (QED) is 0.672. The van der Waals surface area contributed by atoms with Crippen molar-refractivity contribution in [2.24, 2.45) is 4.99 Å². The number of aromatic nitrogens is 1. The molecule has 3 rings (SSSR count). The topological polar surface area (TPSA) is 43.8 Å². The molecule has 0 spiro atoms. The molecule has 24 heavy (non-hydrogen) atoms. The van der Waals surface area contributed by atoms with E-state index in [-0.39, 0.29) is 0 Å². The minimum atomic E-state index is 0.771. The van der Waals surface area contributed by atoms with E-state index in [1.54, 1.807) is 11.3 Å². The molecule has 2 aromatic rings. The van der Waals surface area contributed by atoms with Gasteiger partial charge in [0.25, 0.3) is 0 Å². The van der Waals surface area contributed by atoms with Crippen LogP contribution in [0.1, 0.15) is 9.88 Å². The van der Waals surface area contributed by atoms with Crippen molar-refractivity contribution in [2.45, 2.75) is 13.5 Å². The lowest BCUT2D eigenvalue weighted by atomic mass is 10.2. The largest absolute Gasteiger partial charge is 0.368 e. The first-order valence-electron chi connectivity index (χ1n) is 8.03. The minimum absolute atomic E-state index is 0.771. The maximum Gasteiger partial charge on any atom is 0.194 e. The Balaban J connectivity index is 1.54. The van der Waals surface area contributed by atoms with Crippen molar-refractivity contribution >= 4 is 34.6 Å². The van der Waals surface area contributed by atoms with Gasteiger partial charge in [-0.05, 0) is 25.1 Å². The molecule has 0 amide bonds. The number of anilines is 1. The lowest BCUT2D eigenvalue weighted by molar-refractivity contribution is 0.372. The van der Waals surface area contributed by atoms with E-state index in [2.05, 4.69) is 31.2 Å². The molecule has 1 N–H and O–H groups in total. The van der Waals surface area contributed by atoms with Crippen molar-refractivity contribution in [3.63, 3.8) is 0 Å². The van der Waals surface area contributed by atoms with Gasteiger partial charge in [0.1, 0.15) is 0 Å². The third kappa shape index (κ3) is 4.19. The Kier molecular flexibility index (Phi) is 5.58. The zero-order chi connectivity index (χ0) is 16.9. The first-order chi connectivity index (χ1) is 11.7. The second kappa shape index (κ2) is 7.85. The van der Waals surface area contributed by atoms with Gasteiger partial charge in [0.05, 0.1) is 11.6 Å². The molecule has 0 aliphatic carbocycles. The van der Waals surface area contributed by atoms with Gasteiger partial charge in [-0.2, -0.15) is 0 Å². The monoisotopic (exact) mass is 363 g/mol. The van der Waals surface area contributed by atoms with Gasteiger partial charge in [-0.1, -0.05) is 17.7 Å². The van der Waals surface area contributed by atoms with Crippen LogP contribution >= 0.6 is 22.9 Å². The van der Waals surface area contributed by atoms with Gasteiger partial charge in [0.2, 0.25) is 0 Å². The zero-order valence-electron chi connectivity index (χ0n) is 14.0. The fourth-order valence-corrected chi connectivity index (χ4v) is 3.75. The van der Waals surface area contributed by atoms with E-state index in [1.165, 1.54) is 10.6 Å². The average molecular weight is 364 g/mol. The predicted octanol–water partition coefficient (Wildman–Crippen LogP) is 3.00. The van der Waals surface area contributed by atoms with E-state index >= 15 is 0 Å². The number of benzene rings is 1. The number of aliphatic imine (C=N–C) groups is 1. The number of halogens is 1. The molecule has 0 bridgehead atoms. The molecule has 1 aliphatic rings. The van der Waals surface area contributed by atoms with Crippen LogP contribution in [-0.4, -0.2) is 49.1 Å². The lowest BCUT2D eigenvalue weighted by Gasteiger charge is -2.37. The first kappa shape index (κ1) is 17.0. The van der Waals surface area contributed by atoms with Crippen LogP contribution in [0.25, 0.3) is 0 Å². The van der Waals surface area contributed by atoms with E-state index in [0.29, 0.717) is 0 Å². The maximum atomic E-state index is 6.10. The molecule has 1 aliphatic heterocycles. The summed E-state index contributed by atoms with van der Waals surface area (Å²) in [6.07, 6.45) is 1.93. The summed E-state index contributed by atoms with van der Waals surface area (Å²) >= 11 is 7.81. The van der Waals surface area contributed by atoms with Crippen molar-refractivity contribution in [1.29, 1.82) is 0 Å². The Labute approximate surface area is 152 Å². The number of nitrogens with zero attached hydrogens (tertiary/aromatic N) is 4. The van der Waals surface area contributed by atoms with Crippen LogP contribution in [0.2, 0.25) is 5.02 Å². The summed E-state index contributed by atoms with van der Waals surface area (Å²) in [5.41, 5.74) is 1.19. The zero-order valence-corrected chi connectivity index (χ0v) is 15.6. The fourth-order valence-electron chi connectivity index (χ4n) is 2.83. The number of nitrogens with one attached hydrogen (secondary N) is 1. The second-order valence-corrected chi connectivity index (χ2v) is 7.46. The summed E-state index contributed by atoms with van der Waals surface area (Å²) in [4.78, 5) is 14.6. The molecule has 1 aromatic carbocycles. The van der Waals surface area contributed by atoms with Crippen LogP contribution in [0.5, 0.6) is 0 Å². The van der Waals surface area contributed by atoms with Crippen molar-refractivity contribution in [2.75, 3.05) is 38.1 Å². The highest BCUT2D eigenvalue weighted by Crippen LogP contribution is 2.20. The summed E-state index contributed by atoms with van der Waals surface area (Å²) in [6, 6.07) is 8.05. The number of hydrogen-bond acceptors (Lipinski definition) is 4. The highest BCUT2D eigenvalue weighted by molar-refractivity contribution is 7.11. The summed E-state index contributed by atoms with van der Waals surface area (Å²) in [5, 5.41) is 5.32. The number of thiazole rings is 1. The van der Waals surface area contributed by atoms with E-state index in [0.717, 1.165) is 48.7 Å². The molecule has 128 valence electrons. The normalized spacial score (nSPS) is 15.7. The van der Waals surface area contributed by atoms with Gasteiger partial charge in [0.15, 0.2) is 5.96 Å². The van der Waals surface area contributed by atoms with E-state index in [4.69, 9.17) is 11.6 Å². The average Bonchev–Trinajstić information content (AvgIpc) is 3.01. The molecule has 1 aromatic heterocycles. The molecule has 7 heteroatoms. The Morgan fingerprint density at radius 2 is 2.12 bits per heavy atom. The summed E-state index contributed by atoms with van der Waals surface area (Å²) in [6.45, 7) is 6.59. The van der Waals surface area contributed by atoms with Crippen molar-refractivity contribution in [3.8, 4) is 0 Å². The summed E-state index contributed by atoms with van der Waals surface area (Å²) < 4.78 is 0. The van der Waals surface area contributed by atoms with Crippen molar-refractivity contribution in [1.82, 2.24) is 15.2 Å². The maximum absolute atomic E-state index is 6.10. The Morgan fingerprint density at radius 3 is 2.75 bits per heavy atom. The van der Waals surface area contributed by atoms with Crippen LogP contribution in [-0.2, 0) is 6.54 Å². The van der Waals surface area contributed by atoms with Gasteiger partial charge in [-0.25, -0.2) is 4.98 Å². The van der Waals surface area contributed by atoms with Gasteiger partial charge >= 0.3 is 0 Å². The molecular formula is C17H22ClN5S. The number of hydrogen-bond donors (Lipinski definition) is 1. The van der Waals surface area contributed by atoms with Gasteiger partial charge in [0, 0.05) is 55.0 Å². The third-order valence-corrected chi connectivity index (χ3v) is 5.20. The number of aryl methyl sites for hydroxylation is 1. The smallest absolute Gasteiger partial charge is 0.194 e. The van der Waals surface area contributed by atoms with E-state index < -0.39 is 0 Å². The van der Waals surface area contributed by atoms with Crippen molar-refractivity contribution in [3.05, 3.63) is 45.4 Å². The van der Waals surface area contributed by atoms with Crippen LogP contribution in [0.15, 0.2) is 35.5 Å². The molecular weight excluding hydrogens is 342 g/mol. The molecule has 0 atom stereocenters. The number of guanidine groups is 1. The van der Waals surface area contributed by atoms with Crippen LogP contribution in [0.3, 0.4) is 0 Å². The molecule has 1 fully saturated rings. The molecule has 0 unspecified atom stereocenters. The molecule has 5 nitrogen and oxygen atoms in total. The molecule has 0 radical (unpaired) electrons. The molecule has 1 saturated heterocycles. The highest BCUT2D eigenvalue weighted by Gasteiger charge is 2.20. The summed E-state index contributed by atoms with van der Waals surface area (Å²) in [7, 11) is 1.84. The van der Waals surface area contributed by atoms with E-state index in [1.807, 2.05) is 38.4 Å². The Hall–Kier alpha value is -1.79. The number of piperazine rings is 1. The molecule has 2 heterocycles. The van der Waals surface area contributed by atoms with Gasteiger partial charge in [-0.15, -0.1) is 11.3 Å². The fraction of sp³-hybridized carbons (Fsp3) is 0.412. The van der Waals surface area contributed by atoms with Crippen LogP contribution in [0.4, 0.5) is 5.69 Å². The van der Waals surface area contributed by atoms with Crippen LogP contribution in [0, 0.1) is 6.92 Å². The number of rotatable bonds is 3. The Bertz CT molecular complexity index is 707. The SMILES string of the molecule is CN=C(NCc1cnc(C)s1)N1CCN(c2cccc(Cl)c2)CC1. The Morgan fingerprint density at radius 1 is 1.33 bits per heavy atom. The minimum Gasteiger partial charge on any atom is -0.368 e. The third-order valence-electron chi connectivity index (χ3n) is 4.05. The standard InChI is InChI=1S/C17H22ClN5S/c1-13-20-11-16(24-13)12-21-17(19-2)23-8-6-22(7-9-23)15-5-3-4-14(18)10-15/h3-5,10-11H,6-9,12H2,1-2H3,(H,19,21). The highest BCUT2D eigenvalue weighted by atomic mass is 35.5. The lowest BCUT2D eigenvalue weighted by Crippen LogP contribution is -2.52. The molecule has 0 saturated carbocycles. The van der Waals surface area contributed by atoms with E-state index in [9.17, 15) is 0 Å².